The maximum absolute atomic E-state index is 12.3. The van der Waals surface area contributed by atoms with Gasteiger partial charge in [-0.2, -0.15) is 0 Å². The maximum atomic E-state index is 12.3. The van der Waals surface area contributed by atoms with E-state index in [1.54, 1.807) is 36.4 Å². The molecule has 4 nitrogen and oxygen atoms in total. The molecule has 0 aliphatic carbocycles. The zero-order valence-corrected chi connectivity index (χ0v) is 17.6. The number of benzene rings is 3. The van der Waals surface area contributed by atoms with Crippen LogP contribution in [-0.4, -0.2) is 18.5 Å². The Labute approximate surface area is 178 Å². The predicted octanol–water partition coefficient (Wildman–Crippen LogP) is 5.77. The lowest BCUT2D eigenvalue weighted by molar-refractivity contribution is 0.0500. The standard InChI is InChI=1S/C24H21BrO4/c1-17-9-10-20(16-22(17)25)24(27)29-21-13-11-19(12-14-21)23(26)28-15-5-8-18-6-3-2-4-7-18/h2-4,6-7,9-14,16H,5,8,15H2,1H3. The van der Waals surface area contributed by atoms with Gasteiger partial charge in [0.15, 0.2) is 0 Å². The molecule has 0 aliphatic rings. The second kappa shape index (κ2) is 10.0. The van der Waals surface area contributed by atoms with Crippen molar-refractivity contribution in [3.05, 3.63) is 99.5 Å². The molecule has 0 unspecified atom stereocenters. The first kappa shape index (κ1) is 20.8. The van der Waals surface area contributed by atoms with E-state index in [0.717, 1.165) is 22.9 Å². The van der Waals surface area contributed by atoms with Crippen LogP contribution in [-0.2, 0) is 11.2 Å². The van der Waals surface area contributed by atoms with Crippen molar-refractivity contribution in [2.24, 2.45) is 0 Å². The van der Waals surface area contributed by atoms with Crippen LogP contribution in [0.3, 0.4) is 0 Å². The van der Waals surface area contributed by atoms with Gasteiger partial charge in [-0.15, -0.1) is 0 Å². The summed E-state index contributed by atoms with van der Waals surface area (Å²) in [5.41, 5.74) is 3.12. The van der Waals surface area contributed by atoms with Crippen molar-refractivity contribution in [2.45, 2.75) is 19.8 Å². The lowest BCUT2D eigenvalue weighted by Gasteiger charge is -2.08. The van der Waals surface area contributed by atoms with Crippen LogP contribution in [0.1, 0.15) is 38.3 Å². The van der Waals surface area contributed by atoms with Crippen molar-refractivity contribution in [1.29, 1.82) is 0 Å². The number of hydrogen-bond donors (Lipinski definition) is 0. The van der Waals surface area contributed by atoms with Gasteiger partial charge in [0.05, 0.1) is 17.7 Å². The fourth-order valence-corrected chi connectivity index (χ4v) is 3.09. The highest BCUT2D eigenvalue weighted by Crippen LogP contribution is 2.20. The molecule has 0 saturated carbocycles. The number of hydrogen-bond acceptors (Lipinski definition) is 4. The summed E-state index contributed by atoms with van der Waals surface area (Å²) in [5, 5.41) is 0. The van der Waals surface area contributed by atoms with E-state index in [-0.39, 0.29) is 0 Å². The van der Waals surface area contributed by atoms with Crippen LogP contribution in [0.4, 0.5) is 0 Å². The third kappa shape index (κ3) is 6.03. The first-order valence-electron chi connectivity index (χ1n) is 9.32. The van der Waals surface area contributed by atoms with E-state index in [2.05, 4.69) is 28.1 Å². The molecular formula is C24H21BrO4. The monoisotopic (exact) mass is 452 g/mol. The van der Waals surface area contributed by atoms with Crippen molar-refractivity contribution >= 4 is 27.9 Å². The van der Waals surface area contributed by atoms with Crippen LogP contribution in [0.25, 0.3) is 0 Å². The number of aryl methyl sites for hydroxylation is 2. The van der Waals surface area contributed by atoms with Crippen molar-refractivity contribution in [2.75, 3.05) is 6.61 Å². The van der Waals surface area contributed by atoms with Gasteiger partial charge in [0.2, 0.25) is 0 Å². The number of ether oxygens (including phenoxy) is 2. The van der Waals surface area contributed by atoms with E-state index in [0.29, 0.717) is 23.5 Å². The second-order valence-electron chi connectivity index (χ2n) is 6.60. The summed E-state index contributed by atoms with van der Waals surface area (Å²) < 4.78 is 11.5. The highest BCUT2D eigenvalue weighted by atomic mass is 79.9. The molecule has 0 amide bonds. The Bertz CT molecular complexity index is 982. The summed E-state index contributed by atoms with van der Waals surface area (Å²) in [7, 11) is 0. The molecule has 3 aromatic carbocycles. The quantitative estimate of drug-likeness (QED) is 0.259. The smallest absolute Gasteiger partial charge is 0.343 e. The molecule has 0 bridgehead atoms. The van der Waals surface area contributed by atoms with Crippen LogP contribution in [0.5, 0.6) is 5.75 Å². The molecule has 5 heteroatoms. The van der Waals surface area contributed by atoms with Crippen molar-refractivity contribution in [3.63, 3.8) is 0 Å². The van der Waals surface area contributed by atoms with Gasteiger partial charge in [0.25, 0.3) is 0 Å². The number of rotatable bonds is 7. The first-order chi connectivity index (χ1) is 14.0. The van der Waals surface area contributed by atoms with E-state index in [9.17, 15) is 9.59 Å². The summed E-state index contributed by atoms with van der Waals surface area (Å²) in [6.07, 6.45) is 1.62. The van der Waals surface area contributed by atoms with E-state index >= 15 is 0 Å². The molecule has 29 heavy (non-hydrogen) atoms. The molecule has 0 atom stereocenters. The highest BCUT2D eigenvalue weighted by Gasteiger charge is 2.12. The largest absolute Gasteiger partial charge is 0.462 e. The third-order valence-electron chi connectivity index (χ3n) is 4.39. The van der Waals surface area contributed by atoms with Crippen LogP contribution >= 0.6 is 15.9 Å². The van der Waals surface area contributed by atoms with Gasteiger partial charge in [-0.3, -0.25) is 0 Å². The minimum Gasteiger partial charge on any atom is -0.462 e. The fraction of sp³-hybridized carbons (Fsp3) is 0.167. The summed E-state index contributed by atoms with van der Waals surface area (Å²) in [4.78, 5) is 24.4. The molecule has 3 aromatic rings. The van der Waals surface area contributed by atoms with Gasteiger partial charge in [0, 0.05) is 4.47 Å². The normalized spacial score (nSPS) is 10.4. The summed E-state index contributed by atoms with van der Waals surface area (Å²) in [5.74, 6) is -0.479. The molecule has 3 rings (SSSR count). The molecule has 0 heterocycles. The molecule has 0 aromatic heterocycles. The predicted molar refractivity (Wildman–Crippen MR) is 115 cm³/mol. The second-order valence-corrected chi connectivity index (χ2v) is 7.46. The van der Waals surface area contributed by atoms with Crippen LogP contribution < -0.4 is 4.74 Å². The highest BCUT2D eigenvalue weighted by molar-refractivity contribution is 9.10. The topological polar surface area (TPSA) is 52.6 Å². The zero-order valence-electron chi connectivity index (χ0n) is 16.1. The molecule has 148 valence electrons. The molecule has 0 N–H and O–H groups in total. The Morgan fingerprint density at radius 1 is 0.862 bits per heavy atom. The number of halogens is 1. The summed E-state index contributed by atoms with van der Waals surface area (Å²) >= 11 is 3.41. The SMILES string of the molecule is Cc1ccc(C(=O)Oc2ccc(C(=O)OCCCc3ccccc3)cc2)cc1Br. The molecule has 0 spiro atoms. The van der Waals surface area contributed by atoms with Crippen LogP contribution in [0, 0.1) is 6.92 Å². The number of carbonyl (C=O) groups is 2. The Morgan fingerprint density at radius 3 is 2.24 bits per heavy atom. The van der Waals surface area contributed by atoms with Gasteiger partial charge in [0.1, 0.15) is 5.75 Å². The molecular weight excluding hydrogens is 432 g/mol. The van der Waals surface area contributed by atoms with Crippen LogP contribution in [0.15, 0.2) is 77.3 Å². The van der Waals surface area contributed by atoms with Gasteiger partial charge in [-0.1, -0.05) is 52.3 Å². The molecule has 0 aliphatic heterocycles. The first-order valence-corrected chi connectivity index (χ1v) is 10.1. The number of esters is 2. The van der Waals surface area contributed by atoms with E-state index in [1.165, 1.54) is 5.56 Å². The van der Waals surface area contributed by atoms with Crippen molar-refractivity contribution in [3.8, 4) is 5.75 Å². The van der Waals surface area contributed by atoms with Gasteiger partial charge in [-0.05, 0) is 67.3 Å². The summed E-state index contributed by atoms with van der Waals surface area (Å²) in [6.45, 7) is 2.30. The van der Waals surface area contributed by atoms with Crippen molar-refractivity contribution in [1.82, 2.24) is 0 Å². The molecule has 0 radical (unpaired) electrons. The summed E-state index contributed by atoms with van der Waals surface area (Å²) in [6, 6.07) is 21.7. The Balaban J connectivity index is 1.49. The lowest BCUT2D eigenvalue weighted by Crippen LogP contribution is -2.10. The van der Waals surface area contributed by atoms with Crippen LogP contribution in [0.2, 0.25) is 0 Å². The Kier molecular flexibility index (Phi) is 7.19. The van der Waals surface area contributed by atoms with Crippen molar-refractivity contribution < 1.29 is 19.1 Å². The lowest BCUT2D eigenvalue weighted by atomic mass is 10.1. The van der Waals surface area contributed by atoms with Gasteiger partial charge < -0.3 is 9.47 Å². The molecule has 0 fully saturated rings. The molecule has 0 saturated heterocycles. The third-order valence-corrected chi connectivity index (χ3v) is 5.25. The average Bonchev–Trinajstić information content (AvgIpc) is 2.74. The zero-order chi connectivity index (χ0) is 20.6. The fourth-order valence-electron chi connectivity index (χ4n) is 2.71. The van der Waals surface area contributed by atoms with Gasteiger partial charge in [-0.25, -0.2) is 9.59 Å². The number of carbonyl (C=O) groups excluding carboxylic acids is 2. The Hall–Kier alpha value is -2.92. The minimum absolute atomic E-state index is 0.354. The maximum Gasteiger partial charge on any atom is 0.343 e. The minimum atomic E-state index is -0.457. The van der Waals surface area contributed by atoms with E-state index in [1.807, 2.05) is 31.2 Å². The van der Waals surface area contributed by atoms with E-state index in [4.69, 9.17) is 9.47 Å². The average molecular weight is 453 g/mol. The Morgan fingerprint density at radius 2 is 1.55 bits per heavy atom. The van der Waals surface area contributed by atoms with Gasteiger partial charge >= 0.3 is 11.9 Å². The van der Waals surface area contributed by atoms with E-state index < -0.39 is 11.9 Å².